The van der Waals surface area contributed by atoms with Crippen LogP contribution < -0.4 is 15.8 Å². The van der Waals surface area contributed by atoms with E-state index in [-0.39, 0.29) is 37.2 Å². The second kappa shape index (κ2) is 7.37. The number of benzene rings is 1. The molecular weight excluding hydrogens is 337 g/mol. The summed E-state index contributed by atoms with van der Waals surface area (Å²) in [6, 6.07) is 4.36. The summed E-state index contributed by atoms with van der Waals surface area (Å²) in [5.41, 5.74) is 4.01. The van der Waals surface area contributed by atoms with E-state index in [0.29, 0.717) is 12.8 Å². The van der Waals surface area contributed by atoms with E-state index in [1.165, 1.54) is 12.1 Å². The quantitative estimate of drug-likeness (QED) is 0.722. The van der Waals surface area contributed by atoms with Crippen molar-refractivity contribution in [2.75, 3.05) is 13.2 Å². The van der Waals surface area contributed by atoms with E-state index >= 15 is 0 Å². The van der Waals surface area contributed by atoms with Gasteiger partial charge in [0.25, 0.3) is 0 Å². The number of hydrogen-bond acceptors (Lipinski definition) is 4. The van der Waals surface area contributed by atoms with Crippen molar-refractivity contribution < 1.29 is 27.8 Å². The maximum absolute atomic E-state index is 12.5. The molecule has 1 fully saturated rings. The Labute approximate surface area is 137 Å². The number of nitrogens with one attached hydrogen (secondary N) is 1. The highest BCUT2D eigenvalue weighted by atomic mass is 35.5. The Morgan fingerprint density at radius 3 is 2.65 bits per heavy atom. The van der Waals surface area contributed by atoms with Crippen molar-refractivity contribution in [3.8, 4) is 5.75 Å². The first-order chi connectivity index (χ1) is 10.2. The van der Waals surface area contributed by atoms with Crippen molar-refractivity contribution >= 4 is 18.3 Å². The number of carbonyl (C=O) groups excluding carboxylic acids is 1. The van der Waals surface area contributed by atoms with Crippen molar-refractivity contribution in [3.63, 3.8) is 0 Å². The number of rotatable bonds is 6. The van der Waals surface area contributed by atoms with Crippen molar-refractivity contribution in [2.45, 2.75) is 30.7 Å². The fourth-order valence-electron chi connectivity index (χ4n) is 1.76. The lowest BCUT2D eigenvalue weighted by atomic mass is 10.2. The molecule has 1 saturated carbocycles. The van der Waals surface area contributed by atoms with Gasteiger partial charge in [0, 0.05) is 6.54 Å². The van der Waals surface area contributed by atoms with Gasteiger partial charge in [0.15, 0.2) is 0 Å². The fraction of sp³-hybridized carbons (Fsp3) is 0.500. The smallest absolute Gasteiger partial charge is 0.416 e. The minimum Gasteiger partial charge on any atom is -0.491 e. The van der Waals surface area contributed by atoms with E-state index in [1.807, 2.05) is 0 Å². The summed E-state index contributed by atoms with van der Waals surface area (Å²) < 4.78 is 42.7. The summed E-state index contributed by atoms with van der Waals surface area (Å²) >= 11 is 0. The summed E-state index contributed by atoms with van der Waals surface area (Å²) in [5, 5.41) is 12.2. The lowest BCUT2D eigenvalue weighted by molar-refractivity contribution is -0.137. The number of nitrogens with two attached hydrogens (primary N) is 1. The van der Waals surface area contributed by atoms with Crippen LogP contribution in [-0.4, -0.2) is 35.8 Å². The molecule has 2 rings (SSSR count). The van der Waals surface area contributed by atoms with Gasteiger partial charge in [-0.2, -0.15) is 13.2 Å². The van der Waals surface area contributed by atoms with Crippen LogP contribution in [0.15, 0.2) is 24.3 Å². The van der Waals surface area contributed by atoms with Crippen LogP contribution in [0.4, 0.5) is 13.2 Å². The summed E-state index contributed by atoms with van der Waals surface area (Å²) in [4.78, 5) is 11.5. The Hall–Kier alpha value is -1.51. The van der Waals surface area contributed by atoms with E-state index in [0.717, 1.165) is 12.1 Å². The normalized spacial score (nSPS) is 16.9. The average Bonchev–Trinajstić information content (AvgIpc) is 3.21. The van der Waals surface area contributed by atoms with Crippen molar-refractivity contribution in [2.24, 2.45) is 5.73 Å². The second-order valence-electron chi connectivity index (χ2n) is 5.36. The zero-order chi connectivity index (χ0) is 16.4. The van der Waals surface area contributed by atoms with Crippen LogP contribution in [0.5, 0.6) is 5.75 Å². The third-order valence-electron chi connectivity index (χ3n) is 3.34. The van der Waals surface area contributed by atoms with E-state index in [2.05, 4.69) is 5.32 Å². The molecule has 0 heterocycles. The summed E-state index contributed by atoms with van der Waals surface area (Å²) in [5.74, 6) is -0.344. The van der Waals surface area contributed by atoms with Crippen LogP contribution in [0.1, 0.15) is 18.4 Å². The molecule has 0 aliphatic heterocycles. The standard InChI is InChI=1S/C14H17F3N2O3.ClH/c15-14(16,17)9-2-1-3-11(6-9)22-8-10(20)7-19-12(21)13(18)4-5-13;/h1-3,6,10,20H,4-5,7-8,18H2,(H,19,21);1H. The molecule has 0 spiro atoms. The van der Waals surface area contributed by atoms with E-state index in [9.17, 15) is 23.1 Å². The van der Waals surface area contributed by atoms with Gasteiger partial charge in [-0.05, 0) is 31.0 Å². The minimum atomic E-state index is -4.45. The van der Waals surface area contributed by atoms with Gasteiger partial charge in [0.05, 0.1) is 11.1 Å². The summed E-state index contributed by atoms with van der Waals surface area (Å²) in [6.07, 6.45) is -4.28. The fourth-order valence-corrected chi connectivity index (χ4v) is 1.76. The van der Waals surface area contributed by atoms with Crippen LogP contribution in [0.25, 0.3) is 0 Å². The van der Waals surface area contributed by atoms with Crippen molar-refractivity contribution in [1.82, 2.24) is 5.32 Å². The SMILES string of the molecule is Cl.NC1(C(=O)NCC(O)COc2cccc(C(F)(F)F)c2)CC1. The molecule has 1 aliphatic rings. The molecule has 0 saturated heterocycles. The van der Waals surface area contributed by atoms with Gasteiger partial charge in [-0.25, -0.2) is 0 Å². The first kappa shape index (κ1) is 19.5. The molecular formula is C14H18ClF3N2O3. The number of ether oxygens (including phenoxy) is 1. The summed E-state index contributed by atoms with van der Waals surface area (Å²) in [7, 11) is 0. The van der Waals surface area contributed by atoms with E-state index in [1.54, 1.807) is 0 Å². The molecule has 9 heteroatoms. The number of alkyl halides is 3. The molecule has 23 heavy (non-hydrogen) atoms. The maximum atomic E-state index is 12.5. The van der Waals surface area contributed by atoms with Crippen LogP contribution in [0.3, 0.4) is 0 Å². The van der Waals surface area contributed by atoms with Crippen molar-refractivity contribution in [1.29, 1.82) is 0 Å². The molecule has 1 aromatic carbocycles. The molecule has 0 bridgehead atoms. The van der Waals surface area contributed by atoms with E-state index < -0.39 is 23.4 Å². The Morgan fingerprint density at radius 1 is 1.43 bits per heavy atom. The molecule has 5 nitrogen and oxygen atoms in total. The Balaban J connectivity index is 0.00000264. The number of hydrogen-bond donors (Lipinski definition) is 3. The summed E-state index contributed by atoms with van der Waals surface area (Å²) in [6.45, 7) is -0.310. The van der Waals surface area contributed by atoms with Crippen molar-refractivity contribution in [3.05, 3.63) is 29.8 Å². The van der Waals surface area contributed by atoms with Gasteiger partial charge < -0.3 is 20.9 Å². The van der Waals surface area contributed by atoms with Gasteiger partial charge in [-0.1, -0.05) is 6.07 Å². The van der Waals surface area contributed by atoms with Gasteiger partial charge >= 0.3 is 6.18 Å². The number of aliphatic hydroxyl groups excluding tert-OH is 1. The molecule has 130 valence electrons. The molecule has 1 amide bonds. The molecule has 1 aromatic rings. The average molecular weight is 355 g/mol. The third kappa shape index (κ3) is 5.56. The molecule has 1 atom stereocenters. The molecule has 1 aliphatic carbocycles. The monoisotopic (exact) mass is 354 g/mol. The zero-order valence-electron chi connectivity index (χ0n) is 12.1. The molecule has 0 aromatic heterocycles. The first-order valence-corrected chi connectivity index (χ1v) is 6.76. The largest absolute Gasteiger partial charge is 0.491 e. The predicted molar refractivity (Wildman–Crippen MR) is 79.4 cm³/mol. The van der Waals surface area contributed by atoms with Gasteiger partial charge in [-0.15, -0.1) is 12.4 Å². The highest BCUT2D eigenvalue weighted by Crippen LogP contribution is 2.32. The number of amides is 1. The van der Waals surface area contributed by atoms with Crippen LogP contribution in [-0.2, 0) is 11.0 Å². The second-order valence-corrected chi connectivity index (χ2v) is 5.36. The lowest BCUT2D eigenvalue weighted by Crippen LogP contribution is -2.46. The predicted octanol–water partition coefficient (Wildman–Crippen LogP) is 1.47. The lowest BCUT2D eigenvalue weighted by Gasteiger charge is -2.16. The maximum Gasteiger partial charge on any atom is 0.416 e. The highest BCUT2D eigenvalue weighted by molar-refractivity contribution is 5.88. The first-order valence-electron chi connectivity index (χ1n) is 6.76. The molecule has 0 radical (unpaired) electrons. The van der Waals surface area contributed by atoms with Gasteiger partial charge in [-0.3, -0.25) is 4.79 Å². The Kier molecular flexibility index (Phi) is 6.26. The number of carbonyl (C=O) groups is 1. The topological polar surface area (TPSA) is 84.6 Å². The Morgan fingerprint density at radius 2 is 2.09 bits per heavy atom. The number of halogens is 4. The van der Waals surface area contributed by atoms with Gasteiger partial charge in [0.2, 0.25) is 5.91 Å². The Bertz CT molecular complexity index is 550. The highest BCUT2D eigenvalue weighted by Gasteiger charge is 2.45. The van der Waals surface area contributed by atoms with E-state index in [4.69, 9.17) is 10.5 Å². The zero-order valence-corrected chi connectivity index (χ0v) is 12.9. The third-order valence-corrected chi connectivity index (χ3v) is 3.34. The van der Waals surface area contributed by atoms with Crippen LogP contribution in [0, 0.1) is 0 Å². The minimum absolute atomic E-state index is 0. The van der Waals surface area contributed by atoms with Crippen LogP contribution >= 0.6 is 12.4 Å². The van der Waals surface area contributed by atoms with Crippen LogP contribution in [0.2, 0.25) is 0 Å². The molecule has 1 unspecified atom stereocenters. The number of aliphatic hydroxyl groups is 1. The molecule has 4 N–H and O–H groups in total. The van der Waals surface area contributed by atoms with Gasteiger partial charge in [0.1, 0.15) is 18.5 Å².